The molecule has 0 aliphatic heterocycles. The van der Waals surface area contributed by atoms with Crippen LogP contribution < -0.4 is 0 Å². The number of Topliss-reactive ketones (excluding diaryl/α,β-unsaturated/α-hetero) is 1. The molecule has 0 atom stereocenters. The van der Waals surface area contributed by atoms with Crippen LogP contribution in [0.5, 0.6) is 0 Å². The standard InChI is InChI=1S/C29H23ClN2O/c1-29(2)16-23-25(24(33)17-29)21-14-13-20(30)15-22(21)28-31-26(18-9-5-3-6-10-18)27(32(23)28)19-11-7-4-8-12-19/h3-15H,16-17H2,1-2H3. The highest BCUT2D eigenvalue weighted by molar-refractivity contribution is 6.32. The Hall–Kier alpha value is -3.43. The third-order valence-electron chi connectivity index (χ3n) is 6.59. The number of carbonyl (C=O) groups excluding carboxylic acids is 1. The number of carbonyl (C=O) groups is 1. The van der Waals surface area contributed by atoms with E-state index in [1.807, 2.05) is 54.6 Å². The molecule has 33 heavy (non-hydrogen) atoms. The van der Waals surface area contributed by atoms with E-state index in [1.165, 1.54) is 0 Å². The summed E-state index contributed by atoms with van der Waals surface area (Å²) in [5.74, 6) is 0.185. The summed E-state index contributed by atoms with van der Waals surface area (Å²) in [6.45, 7) is 4.34. The fraction of sp³-hybridized carbons (Fsp3) is 0.172. The van der Waals surface area contributed by atoms with Gasteiger partial charge in [-0.2, -0.15) is 0 Å². The monoisotopic (exact) mass is 450 g/mol. The maximum atomic E-state index is 13.5. The van der Waals surface area contributed by atoms with E-state index in [9.17, 15) is 4.79 Å². The number of hydrogen-bond acceptors (Lipinski definition) is 2. The van der Waals surface area contributed by atoms with Crippen molar-refractivity contribution >= 4 is 33.8 Å². The lowest BCUT2D eigenvalue weighted by Crippen LogP contribution is -2.29. The molecule has 0 bridgehead atoms. The zero-order chi connectivity index (χ0) is 22.7. The highest BCUT2D eigenvalue weighted by Crippen LogP contribution is 2.43. The lowest BCUT2D eigenvalue weighted by atomic mass is 9.74. The molecule has 2 aromatic heterocycles. The van der Waals surface area contributed by atoms with Crippen LogP contribution in [0.2, 0.25) is 5.02 Å². The van der Waals surface area contributed by atoms with Gasteiger partial charge in [0, 0.05) is 39.2 Å². The third kappa shape index (κ3) is 3.19. The Morgan fingerprint density at radius 1 is 0.848 bits per heavy atom. The topological polar surface area (TPSA) is 34.4 Å². The molecule has 1 aliphatic rings. The molecule has 162 valence electrons. The molecule has 0 fully saturated rings. The van der Waals surface area contributed by atoms with Crippen LogP contribution in [0.1, 0.15) is 36.3 Å². The van der Waals surface area contributed by atoms with Crippen molar-refractivity contribution in [1.82, 2.24) is 9.38 Å². The van der Waals surface area contributed by atoms with Crippen LogP contribution in [0.3, 0.4) is 0 Å². The van der Waals surface area contributed by atoms with Crippen LogP contribution in [-0.4, -0.2) is 15.2 Å². The Kier molecular flexibility index (Phi) is 4.46. The zero-order valence-corrected chi connectivity index (χ0v) is 19.4. The summed E-state index contributed by atoms with van der Waals surface area (Å²) in [4.78, 5) is 18.7. The molecule has 3 aromatic carbocycles. The van der Waals surface area contributed by atoms with E-state index in [4.69, 9.17) is 16.6 Å². The van der Waals surface area contributed by atoms with Crippen LogP contribution in [0.15, 0.2) is 78.9 Å². The number of rotatable bonds is 2. The predicted octanol–water partition coefficient (Wildman–Crippen LogP) is 7.63. The van der Waals surface area contributed by atoms with Gasteiger partial charge in [0.1, 0.15) is 5.65 Å². The first-order valence-corrected chi connectivity index (χ1v) is 11.6. The maximum Gasteiger partial charge on any atom is 0.165 e. The van der Waals surface area contributed by atoms with E-state index < -0.39 is 0 Å². The normalized spacial score (nSPS) is 15.2. The minimum atomic E-state index is -0.123. The molecule has 4 heteroatoms. The Morgan fingerprint density at radius 3 is 2.21 bits per heavy atom. The van der Waals surface area contributed by atoms with Crippen LogP contribution >= 0.6 is 11.6 Å². The number of pyridine rings is 1. The minimum absolute atomic E-state index is 0.123. The van der Waals surface area contributed by atoms with E-state index in [2.05, 4.69) is 42.5 Å². The molecular formula is C29H23ClN2O. The summed E-state index contributed by atoms with van der Waals surface area (Å²) in [5.41, 5.74) is 6.61. The molecule has 0 N–H and O–H groups in total. The van der Waals surface area contributed by atoms with Gasteiger partial charge in [-0.1, -0.05) is 92.2 Å². The van der Waals surface area contributed by atoms with Gasteiger partial charge >= 0.3 is 0 Å². The fourth-order valence-corrected chi connectivity index (χ4v) is 5.40. The summed E-state index contributed by atoms with van der Waals surface area (Å²) >= 11 is 6.44. The number of hydrogen-bond donors (Lipinski definition) is 0. The number of aromatic nitrogens is 2. The van der Waals surface area contributed by atoms with Crippen LogP contribution in [0, 0.1) is 5.41 Å². The lowest BCUT2D eigenvalue weighted by Gasteiger charge is -2.32. The number of benzene rings is 3. The van der Waals surface area contributed by atoms with E-state index in [0.717, 1.165) is 56.6 Å². The Labute approximate surface area is 197 Å². The summed E-state index contributed by atoms with van der Waals surface area (Å²) in [7, 11) is 0. The van der Waals surface area contributed by atoms with Crippen molar-refractivity contribution in [1.29, 1.82) is 0 Å². The van der Waals surface area contributed by atoms with E-state index in [-0.39, 0.29) is 11.2 Å². The van der Waals surface area contributed by atoms with Crippen molar-refractivity contribution in [3.05, 3.63) is 95.1 Å². The molecule has 6 rings (SSSR count). The molecule has 2 heterocycles. The minimum Gasteiger partial charge on any atom is -0.295 e. The molecule has 0 amide bonds. The van der Waals surface area contributed by atoms with Gasteiger partial charge in [0.25, 0.3) is 0 Å². The molecule has 0 saturated heterocycles. The van der Waals surface area contributed by atoms with E-state index in [0.29, 0.717) is 11.4 Å². The Morgan fingerprint density at radius 2 is 1.52 bits per heavy atom. The van der Waals surface area contributed by atoms with Gasteiger partial charge in [0.05, 0.1) is 11.4 Å². The van der Waals surface area contributed by atoms with Gasteiger partial charge in [-0.15, -0.1) is 0 Å². The van der Waals surface area contributed by atoms with Crippen LogP contribution in [0.4, 0.5) is 0 Å². The third-order valence-corrected chi connectivity index (χ3v) is 6.82. The average molecular weight is 451 g/mol. The molecule has 5 aromatic rings. The van der Waals surface area contributed by atoms with Crippen molar-refractivity contribution in [3.63, 3.8) is 0 Å². The maximum absolute atomic E-state index is 13.5. The van der Waals surface area contributed by atoms with Crippen molar-refractivity contribution in [2.75, 3.05) is 0 Å². The molecule has 0 unspecified atom stereocenters. The number of nitrogens with zero attached hydrogens (tertiary/aromatic N) is 2. The van der Waals surface area contributed by atoms with E-state index >= 15 is 0 Å². The average Bonchev–Trinajstić information content (AvgIpc) is 3.21. The van der Waals surface area contributed by atoms with Crippen molar-refractivity contribution in [2.45, 2.75) is 26.7 Å². The van der Waals surface area contributed by atoms with Gasteiger partial charge < -0.3 is 0 Å². The summed E-state index contributed by atoms with van der Waals surface area (Å²) in [5, 5.41) is 2.48. The molecule has 0 spiro atoms. The van der Waals surface area contributed by atoms with Gasteiger partial charge in [-0.05, 0) is 29.4 Å². The second-order valence-electron chi connectivity index (χ2n) is 9.65. The first-order valence-electron chi connectivity index (χ1n) is 11.2. The van der Waals surface area contributed by atoms with Crippen molar-refractivity contribution < 1.29 is 4.79 Å². The quantitative estimate of drug-likeness (QED) is 0.277. The van der Waals surface area contributed by atoms with E-state index in [1.54, 1.807) is 0 Å². The second kappa shape index (κ2) is 7.29. The number of fused-ring (bicyclic) bond motifs is 6. The zero-order valence-electron chi connectivity index (χ0n) is 18.6. The van der Waals surface area contributed by atoms with Gasteiger partial charge in [0.2, 0.25) is 0 Å². The summed E-state index contributed by atoms with van der Waals surface area (Å²) in [6.07, 6.45) is 1.33. The summed E-state index contributed by atoms with van der Waals surface area (Å²) < 4.78 is 2.23. The molecular weight excluding hydrogens is 428 g/mol. The first-order chi connectivity index (χ1) is 15.9. The second-order valence-corrected chi connectivity index (χ2v) is 10.1. The molecule has 3 nitrogen and oxygen atoms in total. The van der Waals surface area contributed by atoms with Gasteiger partial charge in [-0.3, -0.25) is 9.20 Å². The number of halogens is 1. The Balaban J connectivity index is 1.86. The number of ketones is 1. The number of imidazole rings is 1. The fourth-order valence-electron chi connectivity index (χ4n) is 5.23. The van der Waals surface area contributed by atoms with Crippen molar-refractivity contribution in [3.8, 4) is 22.5 Å². The predicted molar refractivity (Wildman–Crippen MR) is 135 cm³/mol. The van der Waals surface area contributed by atoms with Crippen LogP contribution in [0.25, 0.3) is 38.9 Å². The molecule has 1 aliphatic carbocycles. The smallest absolute Gasteiger partial charge is 0.165 e. The SMILES string of the molecule is CC1(C)CC(=O)c2c(n3c(-c4ccccc4)c(-c4ccccc4)nc3c3cc(Cl)ccc23)C1. The first kappa shape index (κ1) is 20.2. The van der Waals surface area contributed by atoms with Crippen LogP contribution in [-0.2, 0) is 6.42 Å². The van der Waals surface area contributed by atoms with Gasteiger partial charge in [0.15, 0.2) is 5.78 Å². The largest absolute Gasteiger partial charge is 0.295 e. The van der Waals surface area contributed by atoms with Gasteiger partial charge in [-0.25, -0.2) is 4.98 Å². The Bertz CT molecular complexity index is 1550. The lowest BCUT2D eigenvalue weighted by molar-refractivity contribution is 0.0912. The van der Waals surface area contributed by atoms with Crippen molar-refractivity contribution in [2.24, 2.45) is 5.41 Å². The molecule has 0 saturated carbocycles. The molecule has 0 radical (unpaired) electrons. The highest BCUT2D eigenvalue weighted by Gasteiger charge is 2.35. The highest BCUT2D eigenvalue weighted by atomic mass is 35.5. The summed E-state index contributed by atoms with van der Waals surface area (Å²) in [6, 6.07) is 26.4.